The van der Waals surface area contributed by atoms with E-state index >= 15 is 0 Å². The lowest BCUT2D eigenvalue weighted by atomic mass is 10.0. The molecule has 3 aromatic rings. The van der Waals surface area contributed by atoms with Crippen molar-refractivity contribution in [3.05, 3.63) is 58.9 Å². The second-order valence-corrected chi connectivity index (χ2v) is 7.26. The summed E-state index contributed by atoms with van der Waals surface area (Å²) in [5.74, 6) is 0.247. The molecule has 1 saturated heterocycles. The number of aromatic nitrogens is 2. The summed E-state index contributed by atoms with van der Waals surface area (Å²) >= 11 is 0. The highest BCUT2D eigenvalue weighted by Crippen LogP contribution is 2.35. The van der Waals surface area contributed by atoms with Gasteiger partial charge in [0.05, 0.1) is 22.7 Å². The average Bonchev–Trinajstić information content (AvgIpc) is 3.28. The highest BCUT2D eigenvalue weighted by atomic mass is 16.5. The van der Waals surface area contributed by atoms with Gasteiger partial charge in [-0.2, -0.15) is 0 Å². The van der Waals surface area contributed by atoms with Crippen LogP contribution in [0, 0.1) is 6.92 Å². The Kier molecular flexibility index (Phi) is 4.23. The van der Waals surface area contributed by atoms with Crippen LogP contribution in [0.1, 0.15) is 66.0 Å². The van der Waals surface area contributed by atoms with Gasteiger partial charge in [-0.15, -0.1) is 0 Å². The first kappa shape index (κ1) is 16.8. The second-order valence-electron chi connectivity index (χ2n) is 7.26. The Balaban J connectivity index is 1.79. The van der Waals surface area contributed by atoms with E-state index in [4.69, 9.17) is 4.52 Å². The number of likely N-dealkylation sites (tertiary alicyclic amines) is 1. The number of benzene rings is 1. The fourth-order valence-electron chi connectivity index (χ4n) is 3.76. The summed E-state index contributed by atoms with van der Waals surface area (Å²) in [4.78, 5) is 20.0. The highest BCUT2D eigenvalue weighted by Gasteiger charge is 2.32. The van der Waals surface area contributed by atoms with Crippen molar-refractivity contribution < 1.29 is 9.32 Å². The average molecular weight is 349 g/mol. The minimum atomic E-state index is 0.0388. The number of hydrogen-bond donors (Lipinski definition) is 0. The monoisotopic (exact) mass is 349 g/mol. The third-order valence-electron chi connectivity index (χ3n) is 5.16. The molecule has 3 heterocycles. The van der Waals surface area contributed by atoms with E-state index in [0.717, 1.165) is 30.5 Å². The maximum Gasteiger partial charge on any atom is 0.259 e. The molecule has 0 N–H and O–H groups in total. The van der Waals surface area contributed by atoms with Crippen LogP contribution >= 0.6 is 0 Å². The van der Waals surface area contributed by atoms with E-state index in [-0.39, 0.29) is 17.9 Å². The molecule has 2 aromatic heterocycles. The summed E-state index contributed by atoms with van der Waals surface area (Å²) in [5.41, 5.74) is 3.86. The molecule has 0 bridgehead atoms. The molecule has 0 radical (unpaired) electrons. The van der Waals surface area contributed by atoms with Gasteiger partial charge in [-0.25, -0.2) is 4.98 Å². The fourth-order valence-corrected chi connectivity index (χ4v) is 3.76. The van der Waals surface area contributed by atoms with E-state index in [1.807, 2.05) is 36.1 Å². The van der Waals surface area contributed by atoms with E-state index in [9.17, 15) is 4.79 Å². The molecule has 1 fully saturated rings. The Hall–Kier alpha value is -2.69. The minimum absolute atomic E-state index is 0.0388. The van der Waals surface area contributed by atoms with Crippen LogP contribution in [0.25, 0.3) is 11.1 Å². The van der Waals surface area contributed by atoms with E-state index < -0.39 is 0 Å². The molecule has 26 heavy (non-hydrogen) atoms. The lowest BCUT2D eigenvalue weighted by Crippen LogP contribution is -2.31. The molecule has 1 aromatic carbocycles. The predicted octanol–water partition coefficient (Wildman–Crippen LogP) is 4.63. The minimum Gasteiger partial charge on any atom is -0.336 e. The first-order valence-corrected chi connectivity index (χ1v) is 9.19. The normalized spacial score (nSPS) is 17.4. The van der Waals surface area contributed by atoms with Gasteiger partial charge in [0.25, 0.3) is 11.6 Å². The van der Waals surface area contributed by atoms with Crippen molar-refractivity contribution in [3.8, 4) is 0 Å². The molecule has 1 aliphatic rings. The molecule has 0 saturated carbocycles. The molecule has 5 heteroatoms. The molecule has 134 valence electrons. The lowest BCUT2D eigenvalue weighted by Gasteiger charge is -2.25. The first-order chi connectivity index (χ1) is 12.6. The molecule has 1 unspecified atom stereocenters. The largest absolute Gasteiger partial charge is 0.336 e. The number of pyridine rings is 1. The Morgan fingerprint density at radius 3 is 2.77 bits per heavy atom. The van der Waals surface area contributed by atoms with Crippen molar-refractivity contribution in [3.63, 3.8) is 0 Å². The smallest absolute Gasteiger partial charge is 0.259 e. The van der Waals surface area contributed by atoms with Crippen LogP contribution in [0.5, 0.6) is 0 Å². The van der Waals surface area contributed by atoms with Crippen molar-refractivity contribution in [2.45, 2.75) is 45.6 Å². The van der Waals surface area contributed by atoms with E-state index in [2.05, 4.69) is 36.1 Å². The zero-order valence-electron chi connectivity index (χ0n) is 15.4. The number of carbonyl (C=O) groups is 1. The zero-order valence-corrected chi connectivity index (χ0v) is 15.4. The number of carbonyl (C=O) groups excluding carboxylic acids is 1. The summed E-state index contributed by atoms with van der Waals surface area (Å²) in [6, 6.07) is 12.3. The topological polar surface area (TPSA) is 59.2 Å². The van der Waals surface area contributed by atoms with Gasteiger partial charge in [0.2, 0.25) is 0 Å². The van der Waals surface area contributed by atoms with Gasteiger partial charge in [-0.05, 0) is 37.3 Å². The first-order valence-electron chi connectivity index (χ1n) is 9.19. The number of rotatable bonds is 3. The molecule has 1 atom stereocenters. The Labute approximate surface area is 153 Å². The quantitative estimate of drug-likeness (QED) is 0.691. The van der Waals surface area contributed by atoms with Crippen LogP contribution in [0.15, 0.2) is 40.9 Å². The molecular formula is C21H23N3O2. The van der Waals surface area contributed by atoms with Crippen molar-refractivity contribution in [2.75, 3.05) is 6.54 Å². The third kappa shape index (κ3) is 2.77. The fraction of sp³-hybridized carbons (Fsp3) is 0.381. The summed E-state index contributed by atoms with van der Waals surface area (Å²) in [6.45, 7) is 6.75. The molecular weight excluding hydrogens is 326 g/mol. The van der Waals surface area contributed by atoms with Gasteiger partial charge < -0.3 is 9.42 Å². The standard InChI is InChI=1S/C21H23N3O2/c1-13(2)17-12-16(19-14(3)23-26-20(19)22-17)21(25)24-11-7-10-18(24)15-8-5-4-6-9-15/h4-6,8-9,12-13,18H,7,10-11H2,1-3H3. The lowest BCUT2D eigenvalue weighted by molar-refractivity contribution is 0.0737. The summed E-state index contributed by atoms with van der Waals surface area (Å²) in [7, 11) is 0. The van der Waals surface area contributed by atoms with Gasteiger partial charge in [-0.1, -0.05) is 49.3 Å². The van der Waals surface area contributed by atoms with Gasteiger partial charge in [-0.3, -0.25) is 4.79 Å². The Morgan fingerprint density at radius 2 is 2.04 bits per heavy atom. The number of nitrogens with zero attached hydrogens (tertiary/aromatic N) is 3. The maximum atomic E-state index is 13.5. The molecule has 4 rings (SSSR count). The van der Waals surface area contributed by atoms with E-state index in [0.29, 0.717) is 17.0 Å². The predicted molar refractivity (Wildman–Crippen MR) is 100 cm³/mol. The van der Waals surface area contributed by atoms with Crippen LogP contribution in [0.4, 0.5) is 0 Å². The van der Waals surface area contributed by atoms with Crippen molar-refractivity contribution in [1.29, 1.82) is 0 Å². The van der Waals surface area contributed by atoms with Crippen LogP contribution < -0.4 is 0 Å². The van der Waals surface area contributed by atoms with Gasteiger partial charge >= 0.3 is 0 Å². The van der Waals surface area contributed by atoms with Gasteiger partial charge in [0, 0.05) is 12.2 Å². The van der Waals surface area contributed by atoms with Crippen molar-refractivity contribution in [1.82, 2.24) is 15.0 Å². The second kappa shape index (κ2) is 6.56. The number of fused-ring (bicyclic) bond motifs is 1. The summed E-state index contributed by atoms with van der Waals surface area (Å²) in [6.07, 6.45) is 2.00. The Morgan fingerprint density at radius 1 is 1.27 bits per heavy atom. The van der Waals surface area contributed by atoms with Crippen LogP contribution in [0.2, 0.25) is 0 Å². The highest BCUT2D eigenvalue weighted by molar-refractivity contribution is 6.06. The molecule has 5 nitrogen and oxygen atoms in total. The molecule has 0 spiro atoms. The molecule has 1 amide bonds. The third-order valence-corrected chi connectivity index (χ3v) is 5.16. The Bertz CT molecular complexity index is 947. The van der Waals surface area contributed by atoms with E-state index in [1.165, 1.54) is 5.56 Å². The molecule has 0 aliphatic carbocycles. The number of amides is 1. The van der Waals surface area contributed by atoms with Crippen LogP contribution in [-0.4, -0.2) is 27.5 Å². The summed E-state index contributed by atoms with van der Waals surface area (Å²) < 4.78 is 5.37. The van der Waals surface area contributed by atoms with Gasteiger partial charge in [0.15, 0.2) is 0 Å². The van der Waals surface area contributed by atoms with Crippen LogP contribution in [-0.2, 0) is 0 Å². The van der Waals surface area contributed by atoms with Crippen LogP contribution in [0.3, 0.4) is 0 Å². The number of aryl methyl sites for hydroxylation is 1. The number of hydrogen-bond acceptors (Lipinski definition) is 4. The maximum absolute atomic E-state index is 13.5. The van der Waals surface area contributed by atoms with E-state index in [1.54, 1.807) is 0 Å². The zero-order chi connectivity index (χ0) is 18.3. The summed E-state index contributed by atoms with van der Waals surface area (Å²) in [5, 5.41) is 4.77. The van der Waals surface area contributed by atoms with Crippen molar-refractivity contribution in [2.24, 2.45) is 0 Å². The van der Waals surface area contributed by atoms with Crippen molar-refractivity contribution >= 4 is 17.0 Å². The molecule has 1 aliphatic heterocycles. The SMILES string of the molecule is Cc1noc2nc(C(C)C)cc(C(=O)N3CCCC3c3ccccc3)c12. The van der Waals surface area contributed by atoms with Gasteiger partial charge in [0.1, 0.15) is 0 Å².